The Balaban J connectivity index is 4.33. The molecule has 4 N–H and O–H groups in total. The van der Waals surface area contributed by atoms with E-state index < -0.39 is 51.1 Å². The highest BCUT2D eigenvalue weighted by atomic mass is 31.2. The predicted octanol–water partition coefficient (Wildman–Crippen LogP) is 5.66. The molecule has 0 aliphatic heterocycles. The van der Waals surface area contributed by atoms with Crippen molar-refractivity contribution < 1.29 is 47.5 Å². The molecule has 230 valence electrons. The van der Waals surface area contributed by atoms with Gasteiger partial charge in [-0.1, -0.05) is 97.3 Å². The monoisotopic (exact) mass is 581 g/mol. The number of aliphatic carboxylic acids is 1. The van der Waals surface area contributed by atoms with Crippen LogP contribution in [-0.4, -0.2) is 59.9 Å². The first-order valence-electron chi connectivity index (χ1n) is 14.6. The summed E-state index contributed by atoms with van der Waals surface area (Å²) in [7, 11) is -4.67. The lowest BCUT2D eigenvalue weighted by molar-refractivity contribution is -0.161. The van der Waals surface area contributed by atoms with Gasteiger partial charge in [0.1, 0.15) is 12.6 Å². The number of hydrogen-bond acceptors (Lipinski definition) is 9. The lowest BCUT2D eigenvalue weighted by Gasteiger charge is -2.20. The standard InChI is InChI=1S/C27H52NO10P/c1-3-5-7-8-9-10-11-12-13-14-15-16-17-19-26(30)38-23(20-35-25(29)18-6-4-2)21-36-39(33,34)37-22-24(28)27(31)32/h23-24H,3-22,28H2,1-2H3,(H,31,32)(H,33,34). The lowest BCUT2D eigenvalue weighted by atomic mass is 10.0. The molecule has 0 bridgehead atoms. The number of ether oxygens (including phenoxy) is 2. The van der Waals surface area contributed by atoms with Gasteiger partial charge in [0, 0.05) is 12.8 Å². The Morgan fingerprint density at radius 3 is 1.67 bits per heavy atom. The van der Waals surface area contributed by atoms with Crippen LogP contribution < -0.4 is 5.73 Å². The molecule has 0 amide bonds. The maximum Gasteiger partial charge on any atom is 0.472 e. The number of phosphoric ester groups is 1. The fourth-order valence-corrected chi connectivity index (χ4v) is 4.47. The number of rotatable bonds is 27. The van der Waals surface area contributed by atoms with Gasteiger partial charge in [0.25, 0.3) is 0 Å². The van der Waals surface area contributed by atoms with Gasteiger partial charge in [-0.15, -0.1) is 0 Å². The number of phosphoric acid groups is 1. The van der Waals surface area contributed by atoms with Gasteiger partial charge in [-0.25, -0.2) is 4.57 Å². The summed E-state index contributed by atoms with van der Waals surface area (Å²) in [6.45, 7) is 2.48. The number of hydrogen-bond donors (Lipinski definition) is 3. The molecule has 0 heterocycles. The van der Waals surface area contributed by atoms with Crippen molar-refractivity contribution in [3.8, 4) is 0 Å². The van der Waals surface area contributed by atoms with Crippen LogP contribution in [0.25, 0.3) is 0 Å². The summed E-state index contributed by atoms with van der Waals surface area (Å²) < 4.78 is 31.9. The minimum atomic E-state index is -4.67. The van der Waals surface area contributed by atoms with Crippen molar-refractivity contribution >= 4 is 25.7 Å². The largest absolute Gasteiger partial charge is 0.480 e. The zero-order valence-electron chi connectivity index (χ0n) is 24.0. The fraction of sp³-hybridized carbons (Fsp3) is 0.889. The van der Waals surface area contributed by atoms with Crippen LogP contribution in [0.3, 0.4) is 0 Å². The van der Waals surface area contributed by atoms with E-state index in [1.807, 2.05) is 6.92 Å². The number of esters is 2. The highest BCUT2D eigenvalue weighted by molar-refractivity contribution is 7.47. The number of unbranched alkanes of at least 4 members (excludes halogenated alkanes) is 13. The zero-order valence-corrected chi connectivity index (χ0v) is 24.9. The molecular formula is C27H52NO10P. The van der Waals surface area contributed by atoms with Crippen molar-refractivity contribution in [3.05, 3.63) is 0 Å². The van der Waals surface area contributed by atoms with E-state index in [0.29, 0.717) is 12.8 Å². The predicted molar refractivity (Wildman–Crippen MR) is 148 cm³/mol. The van der Waals surface area contributed by atoms with Crippen LogP contribution in [0.15, 0.2) is 0 Å². The Labute approximate surface area is 234 Å². The molecule has 0 aromatic rings. The summed E-state index contributed by atoms with van der Waals surface area (Å²) in [4.78, 5) is 44.7. The third kappa shape index (κ3) is 24.0. The number of carbonyl (C=O) groups is 3. The summed E-state index contributed by atoms with van der Waals surface area (Å²) >= 11 is 0. The number of carbonyl (C=O) groups excluding carboxylic acids is 2. The molecule has 12 heteroatoms. The van der Waals surface area contributed by atoms with Crippen LogP contribution in [0.2, 0.25) is 0 Å². The van der Waals surface area contributed by atoms with E-state index in [0.717, 1.165) is 25.7 Å². The van der Waals surface area contributed by atoms with Gasteiger partial charge in [-0.05, 0) is 12.8 Å². The average Bonchev–Trinajstić information content (AvgIpc) is 2.90. The topological polar surface area (TPSA) is 172 Å². The van der Waals surface area contributed by atoms with E-state index >= 15 is 0 Å². The van der Waals surface area contributed by atoms with Gasteiger partial charge in [0.15, 0.2) is 6.10 Å². The van der Waals surface area contributed by atoms with E-state index in [4.69, 9.17) is 24.8 Å². The Kier molecular flexibility index (Phi) is 23.3. The van der Waals surface area contributed by atoms with Crippen LogP contribution in [0.5, 0.6) is 0 Å². The Bertz CT molecular complexity index is 706. The quantitative estimate of drug-likeness (QED) is 0.0621. The van der Waals surface area contributed by atoms with Crippen molar-refractivity contribution in [1.82, 2.24) is 0 Å². The SMILES string of the molecule is CCCCCCCCCCCCCCCC(=O)OC(COC(=O)CCCC)COP(=O)(O)OCC(N)C(=O)O. The summed E-state index contributed by atoms with van der Waals surface area (Å²) in [5, 5.41) is 8.75. The molecule has 11 nitrogen and oxygen atoms in total. The van der Waals surface area contributed by atoms with Crippen LogP contribution in [-0.2, 0) is 37.5 Å². The van der Waals surface area contributed by atoms with Gasteiger partial charge in [0.05, 0.1) is 13.2 Å². The molecule has 0 aliphatic rings. The van der Waals surface area contributed by atoms with Crippen LogP contribution in [0.4, 0.5) is 0 Å². The van der Waals surface area contributed by atoms with Crippen molar-refractivity contribution in [3.63, 3.8) is 0 Å². The molecule has 0 aromatic carbocycles. The zero-order chi connectivity index (χ0) is 29.4. The van der Waals surface area contributed by atoms with E-state index in [9.17, 15) is 23.8 Å². The van der Waals surface area contributed by atoms with Crippen molar-refractivity contribution in [1.29, 1.82) is 0 Å². The van der Waals surface area contributed by atoms with Gasteiger partial charge in [-0.3, -0.25) is 23.4 Å². The number of nitrogens with two attached hydrogens (primary N) is 1. The van der Waals surface area contributed by atoms with Crippen LogP contribution in [0, 0.1) is 0 Å². The maximum absolute atomic E-state index is 12.3. The van der Waals surface area contributed by atoms with E-state index in [1.165, 1.54) is 57.8 Å². The second kappa shape index (κ2) is 24.3. The fourth-order valence-electron chi connectivity index (χ4n) is 3.69. The Morgan fingerprint density at radius 2 is 1.15 bits per heavy atom. The van der Waals surface area contributed by atoms with Gasteiger partial charge >= 0.3 is 25.7 Å². The average molecular weight is 582 g/mol. The van der Waals surface area contributed by atoms with Crippen molar-refractivity contribution in [2.24, 2.45) is 5.73 Å². The molecule has 3 atom stereocenters. The minimum Gasteiger partial charge on any atom is -0.480 e. The second-order valence-corrected chi connectivity index (χ2v) is 11.3. The second-order valence-electron chi connectivity index (χ2n) is 9.90. The highest BCUT2D eigenvalue weighted by Crippen LogP contribution is 2.43. The highest BCUT2D eigenvalue weighted by Gasteiger charge is 2.28. The summed E-state index contributed by atoms with van der Waals surface area (Å²) in [6, 6.07) is -1.51. The van der Waals surface area contributed by atoms with Crippen molar-refractivity contribution in [2.45, 2.75) is 135 Å². The molecule has 0 aliphatic carbocycles. The summed E-state index contributed by atoms with van der Waals surface area (Å²) in [6.07, 6.45) is 16.0. The Morgan fingerprint density at radius 1 is 0.692 bits per heavy atom. The maximum atomic E-state index is 12.3. The molecule has 0 aromatic heterocycles. The normalized spacial score (nSPS) is 14.4. The van der Waals surface area contributed by atoms with Crippen molar-refractivity contribution in [2.75, 3.05) is 19.8 Å². The molecule has 0 saturated heterocycles. The number of carboxylic acid groups (broad SMARTS) is 1. The smallest absolute Gasteiger partial charge is 0.472 e. The van der Waals surface area contributed by atoms with Crippen LogP contribution >= 0.6 is 7.82 Å². The first-order valence-corrected chi connectivity index (χ1v) is 16.1. The summed E-state index contributed by atoms with van der Waals surface area (Å²) in [5.41, 5.74) is 5.25. The molecule has 0 spiro atoms. The molecular weight excluding hydrogens is 529 g/mol. The third-order valence-electron chi connectivity index (χ3n) is 6.11. The number of carboxylic acids is 1. The first-order chi connectivity index (χ1) is 18.6. The first kappa shape index (κ1) is 37.5. The molecule has 0 rings (SSSR count). The summed E-state index contributed by atoms with van der Waals surface area (Å²) in [5.74, 6) is -2.42. The molecule has 0 saturated carbocycles. The van der Waals surface area contributed by atoms with Gasteiger partial charge < -0.3 is 25.2 Å². The third-order valence-corrected chi connectivity index (χ3v) is 7.06. The molecule has 3 unspecified atom stereocenters. The molecule has 39 heavy (non-hydrogen) atoms. The lowest BCUT2D eigenvalue weighted by Crippen LogP contribution is -2.34. The van der Waals surface area contributed by atoms with Gasteiger partial charge in [-0.2, -0.15) is 0 Å². The minimum absolute atomic E-state index is 0.165. The van der Waals surface area contributed by atoms with E-state index in [-0.39, 0.29) is 19.4 Å². The molecule has 0 radical (unpaired) electrons. The molecule has 0 fully saturated rings. The Hall–Kier alpha value is -1.52. The van der Waals surface area contributed by atoms with E-state index in [1.54, 1.807) is 0 Å². The van der Waals surface area contributed by atoms with Crippen LogP contribution in [0.1, 0.15) is 123 Å². The van der Waals surface area contributed by atoms with Gasteiger partial charge in [0.2, 0.25) is 0 Å². The van der Waals surface area contributed by atoms with E-state index in [2.05, 4.69) is 11.4 Å².